The molecular formula is C25H30N2O5. The first-order chi connectivity index (χ1) is 15.4. The lowest BCUT2D eigenvalue weighted by Crippen LogP contribution is -2.52. The summed E-state index contributed by atoms with van der Waals surface area (Å²) >= 11 is 0. The van der Waals surface area contributed by atoms with Gasteiger partial charge in [0.15, 0.2) is 0 Å². The Bertz CT molecular complexity index is 944. The molecule has 0 fully saturated rings. The van der Waals surface area contributed by atoms with Crippen LogP contribution in [0.4, 0.5) is 4.79 Å². The predicted octanol–water partition coefficient (Wildman–Crippen LogP) is 3.87. The number of nitrogens with one attached hydrogen (secondary N) is 1. The van der Waals surface area contributed by atoms with Gasteiger partial charge in [-0.05, 0) is 35.1 Å². The van der Waals surface area contributed by atoms with Crippen LogP contribution in [0.25, 0.3) is 11.1 Å². The zero-order valence-corrected chi connectivity index (χ0v) is 18.7. The number of carbonyl (C=O) groups is 3. The summed E-state index contributed by atoms with van der Waals surface area (Å²) < 4.78 is 5.57. The van der Waals surface area contributed by atoms with Gasteiger partial charge in [-0.25, -0.2) is 4.79 Å². The molecule has 2 N–H and O–H groups in total. The maximum atomic E-state index is 12.9. The smallest absolute Gasteiger partial charge is 0.407 e. The molecule has 2 aromatic carbocycles. The van der Waals surface area contributed by atoms with Crippen LogP contribution in [0.3, 0.4) is 0 Å². The Hall–Kier alpha value is -3.35. The van der Waals surface area contributed by atoms with Crippen LogP contribution in [0.2, 0.25) is 0 Å². The number of amides is 2. The number of hydrogen-bond donors (Lipinski definition) is 2. The number of rotatable bonds is 9. The summed E-state index contributed by atoms with van der Waals surface area (Å²) in [4.78, 5) is 37.9. The van der Waals surface area contributed by atoms with Gasteiger partial charge in [0.05, 0.1) is 0 Å². The molecule has 2 aromatic rings. The number of ether oxygens (including phenoxy) is 1. The van der Waals surface area contributed by atoms with Crippen molar-refractivity contribution in [3.63, 3.8) is 0 Å². The van der Waals surface area contributed by atoms with Gasteiger partial charge in [-0.3, -0.25) is 9.59 Å². The first-order valence-electron chi connectivity index (χ1n) is 11.0. The highest BCUT2D eigenvalue weighted by Crippen LogP contribution is 2.44. The van der Waals surface area contributed by atoms with E-state index in [4.69, 9.17) is 9.84 Å². The minimum atomic E-state index is -1.09. The summed E-state index contributed by atoms with van der Waals surface area (Å²) in [6.45, 7) is 5.45. The highest BCUT2D eigenvalue weighted by Gasteiger charge is 2.32. The molecule has 0 unspecified atom stereocenters. The van der Waals surface area contributed by atoms with Crippen molar-refractivity contribution in [2.75, 3.05) is 19.7 Å². The number of benzene rings is 2. The third-order valence-electron chi connectivity index (χ3n) is 6.12. The molecule has 3 rings (SSSR count). The highest BCUT2D eigenvalue weighted by molar-refractivity contribution is 5.88. The van der Waals surface area contributed by atoms with E-state index in [9.17, 15) is 14.4 Å². The van der Waals surface area contributed by atoms with Crippen LogP contribution in [-0.4, -0.2) is 53.7 Å². The van der Waals surface area contributed by atoms with Crippen LogP contribution >= 0.6 is 0 Å². The molecule has 2 atom stereocenters. The molecule has 0 radical (unpaired) electrons. The van der Waals surface area contributed by atoms with Gasteiger partial charge >= 0.3 is 12.1 Å². The molecule has 0 aromatic heterocycles. The SMILES string of the molecule is CC[C@H](C)[C@H](NC(=O)OCC1c2ccccc2-c2ccccc21)C(=O)N(CC)CC(=O)O. The first kappa shape index (κ1) is 23.3. The molecule has 170 valence electrons. The molecule has 1 aliphatic carbocycles. The van der Waals surface area contributed by atoms with Gasteiger partial charge in [0.25, 0.3) is 0 Å². The molecule has 0 aliphatic heterocycles. The minimum Gasteiger partial charge on any atom is -0.480 e. The van der Waals surface area contributed by atoms with E-state index in [-0.39, 0.29) is 25.0 Å². The second-order valence-corrected chi connectivity index (χ2v) is 8.08. The molecule has 7 heteroatoms. The van der Waals surface area contributed by atoms with E-state index in [1.54, 1.807) is 6.92 Å². The Morgan fingerprint density at radius 3 is 2.09 bits per heavy atom. The summed E-state index contributed by atoms with van der Waals surface area (Å²) in [5.74, 6) is -1.77. The largest absolute Gasteiger partial charge is 0.480 e. The van der Waals surface area contributed by atoms with Crippen LogP contribution in [0.1, 0.15) is 44.2 Å². The van der Waals surface area contributed by atoms with Gasteiger partial charge in [-0.15, -0.1) is 0 Å². The lowest BCUT2D eigenvalue weighted by Gasteiger charge is -2.29. The molecule has 2 amide bonds. The van der Waals surface area contributed by atoms with E-state index in [0.717, 1.165) is 22.3 Å². The first-order valence-corrected chi connectivity index (χ1v) is 11.0. The van der Waals surface area contributed by atoms with E-state index in [1.165, 1.54) is 4.90 Å². The third-order valence-corrected chi connectivity index (χ3v) is 6.12. The maximum Gasteiger partial charge on any atom is 0.407 e. The molecule has 0 saturated heterocycles. The van der Waals surface area contributed by atoms with Crippen molar-refractivity contribution < 1.29 is 24.2 Å². The van der Waals surface area contributed by atoms with Crippen molar-refractivity contribution in [2.24, 2.45) is 5.92 Å². The second kappa shape index (κ2) is 10.3. The summed E-state index contributed by atoms with van der Waals surface area (Å²) in [7, 11) is 0. The van der Waals surface area contributed by atoms with Crippen LogP contribution in [0, 0.1) is 5.92 Å². The van der Waals surface area contributed by atoms with Gasteiger partial charge < -0.3 is 20.1 Å². The van der Waals surface area contributed by atoms with Crippen LogP contribution in [0.15, 0.2) is 48.5 Å². The predicted molar refractivity (Wildman–Crippen MR) is 121 cm³/mol. The van der Waals surface area contributed by atoms with Gasteiger partial charge in [0, 0.05) is 12.5 Å². The van der Waals surface area contributed by atoms with Gasteiger partial charge in [-0.1, -0.05) is 68.8 Å². The highest BCUT2D eigenvalue weighted by atomic mass is 16.5. The lowest BCUT2D eigenvalue weighted by molar-refractivity contribution is -0.145. The molecule has 0 bridgehead atoms. The molecule has 1 aliphatic rings. The van der Waals surface area contributed by atoms with Crippen molar-refractivity contribution >= 4 is 18.0 Å². The fraction of sp³-hybridized carbons (Fsp3) is 0.400. The number of nitrogens with zero attached hydrogens (tertiary/aromatic N) is 1. The molecule has 32 heavy (non-hydrogen) atoms. The average Bonchev–Trinajstić information content (AvgIpc) is 3.12. The fourth-order valence-electron chi connectivity index (χ4n) is 4.16. The number of hydrogen-bond acceptors (Lipinski definition) is 4. The Balaban J connectivity index is 1.71. The van der Waals surface area contributed by atoms with Crippen molar-refractivity contribution in [1.29, 1.82) is 0 Å². The fourth-order valence-corrected chi connectivity index (χ4v) is 4.16. The molecule has 7 nitrogen and oxygen atoms in total. The molecule has 0 saturated carbocycles. The number of likely N-dealkylation sites (N-methyl/N-ethyl adjacent to an activating group) is 1. The van der Waals surface area contributed by atoms with Gasteiger partial charge in [-0.2, -0.15) is 0 Å². The number of carboxylic acid groups (broad SMARTS) is 1. The summed E-state index contributed by atoms with van der Waals surface area (Å²) in [6.07, 6.45) is -0.0399. The van der Waals surface area contributed by atoms with Crippen LogP contribution in [-0.2, 0) is 14.3 Å². The van der Waals surface area contributed by atoms with E-state index >= 15 is 0 Å². The Morgan fingerprint density at radius 1 is 1.03 bits per heavy atom. The zero-order chi connectivity index (χ0) is 23.3. The second-order valence-electron chi connectivity index (χ2n) is 8.08. The number of aliphatic carboxylic acids is 1. The Labute approximate surface area is 188 Å². The van der Waals surface area contributed by atoms with E-state index in [1.807, 2.05) is 50.2 Å². The van der Waals surface area contributed by atoms with Gasteiger partial charge in [0.1, 0.15) is 19.2 Å². The molecule has 0 spiro atoms. The van der Waals surface area contributed by atoms with Gasteiger partial charge in [0.2, 0.25) is 5.91 Å². The molecular weight excluding hydrogens is 408 g/mol. The van der Waals surface area contributed by atoms with Crippen molar-refractivity contribution in [2.45, 2.75) is 39.2 Å². The topological polar surface area (TPSA) is 95.9 Å². The monoisotopic (exact) mass is 438 g/mol. The number of carbonyl (C=O) groups excluding carboxylic acids is 2. The average molecular weight is 439 g/mol. The number of carboxylic acids is 1. The maximum absolute atomic E-state index is 12.9. The van der Waals surface area contributed by atoms with E-state index < -0.39 is 30.6 Å². The minimum absolute atomic E-state index is 0.0787. The van der Waals surface area contributed by atoms with E-state index in [2.05, 4.69) is 17.4 Å². The standard InChI is InChI=1S/C25H30N2O5/c1-4-16(3)23(24(30)27(5-2)14-22(28)29)26-25(31)32-15-21-19-12-8-6-10-17(19)18-11-7-9-13-20(18)21/h6-13,16,21,23H,4-5,14-15H2,1-3H3,(H,26,31)(H,28,29)/t16-,23-/m0/s1. The Morgan fingerprint density at radius 2 is 1.59 bits per heavy atom. The quantitative estimate of drug-likeness (QED) is 0.620. The summed E-state index contributed by atoms with van der Waals surface area (Å²) in [5, 5.41) is 11.8. The van der Waals surface area contributed by atoms with Crippen LogP contribution < -0.4 is 5.32 Å². The normalized spacial score (nSPS) is 14.1. The lowest BCUT2D eigenvalue weighted by atomic mass is 9.97. The third kappa shape index (κ3) is 4.93. The Kier molecular flexibility index (Phi) is 7.51. The number of fused-ring (bicyclic) bond motifs is 3. The van der Waals surface area contributed by atoms with Crippen LogP contribution in [0.5, 0.6) is 0 Å². The summed E-state index contributed by atoms with van der Waals surface area (Å²) in [5.41, 5.74) is 4.48. The van der Waals surface area contributed by atoms with E-state index in [0.29, 0.717) is 6.42 Å². The van der Waals surface area contributed by atoms with Crippen molar-refractivity contribution in [3.8, 4) is 11.1 Å². The number of alkyl carbamates (subject to hydrolysis) is 1. The zero-order valence-electron chi connectivity index (χ0n) is 18.7. The van der Waals surface area contributed by atoms with Crippen molar-refractivity contribution in [3.05, 3.63) is 59.7 Å². The van der Waals surface area contributed by atoms with Crippen molar-refractivity contribution in [1.82, 2.24) is 10.2 Å². The molecule has 0 heterocycles. The summed E-state index contributed by atoms with van der Waals surface area (Å²) in [6, 6.07) is 15.3.